The molecule has 4 rings (SSSR count). The van der Waals surface area contributed by atoms with Crippen LogP contribution in [0.3, 0.4) is 0 Å². The average molecular weight is 448 g/mol. The Bertz CT molecular complexity index is 1230. The molecule has 4 aromatic rings. The van der Waals surface area contributed by atoms with Crippen molar-refractivity contribution in [1.29, 1.82) is 0 Å². The van der Waals surface area contributed by atoms with E-state index in [0.29, 0.717) is 22.4 Å². The monoisotopic (exact) mass is 447 g/mol. The third kappa shape index (κ3) is 5.28. The van der Waals surface area contributed by atoms with Crippen molar-refractivity contribution in [2.45, 2.75) is 26.9 Å². The highest BCUT2D eigenvalue weighted by Crippen LogP contribution is 2.22. The van der Waals surface area contributed by atoms with E-state index in [1.165, 1.54) is 11.3 Å². The van der Waals surface area contributed by atoms with Crippen molar-refractivity contribution in [3.05, 3.63) is 87.7 Å². The lowest BCUT2D eigenvalue weighted by Gasteiger charge is -2.04. The van der Waals surface area contributed by atoms with Gasteiger partial charge in [-0.2, -0.15) is 0 Å². The number of oxazole rings is 1. The largest absolute Gasteiger partial charge is 0.454 e. The lowest BCUT2D eigenvalue weighted by atomic mass is 10.2. The van der Waals surface area contributed by atoms with Crippen LogP contribution in [0.1, 0.15) is 32.5 Å². The van der Waals surface area contributed by atoms with E-state index in [9.17, 15) is 9.59 Å². The fourth-order valence-electron chi connectivity index (χ4n) is 2.97. The molecule has 2 heterocycles. The van der Waals surface area contributed by atoms with E-state index in [1.54, 1.807) is 12.3 Å². The van der Waals surface area contributed by atoms with Gasteiger partial charge in [0.25, 0.3) is 0 Å². The topological polar surface area (TPSA) is 94.3 Å². The number of rotatable bonds is 7. The van der Waals surface area contributed by atoms with Crippen LogP contribution in [0, 0.1) is 13.8 Å². The Morgan fingerprint density at radius 3 is 2.53 bits per heavy atom. The molecular formula is C24H21N3O4S. The number of benzene rings is 2. The van der Waals surface area contributed by atoms with Gasteiger partial charge in [-0.25, -0.2) is 14.8 Å². The maximum atomic E-state index is 12.5. The minimum atomic E-state index is -0.583. The van der Waals surface area contributed by atoms with Gasteiger partial charge in [0.1, 0.15) is 17.4 Å². The van der Waals surface area contributed by atoms with Crippen molar-refractivity contribution in [3.63, 3.8) is 0 Å². The van der Waals surface area contributed by atoms with Crippen LogP contribution in [0.4, 0.5) is 5.69 Å². The molecule has 1 N–H and O–H groups in total. The first-order valence-electron chi connectivity index (χ1n) is 9.97. The predicted molar refractivity (Wildman–Crippen MR) is 121 cm³/mol. The van der Waals surface area contributed by atoms with Gasteiger partial charge in [0, 0.05) is 16.6 Å². The molecule has 0 radical (unpaired) electrons. The van der Waals surface area contributed by atoms with E-state index in [2.05, 4.69) is 15.3 Å². The molecule has 0 aliphatic carbocycles. The lowest BCUT2D eigenvalue weighted by molar-refractivity contribution is -0.115. The van der Waals surface area contributed by atoms with E-state index in [1.807, 2.05) is 61.5 Å². The summed E-state index contributed by atoms with van der Waals surface area (Å²) in [5, 5.41) is 5.26. The first-order chi connectivity index (χ1) is 15.5. The number of nitrogens with one attached hydrogen (secondary N) is 1. The lowest BCUT2D eigenvalue weighted by Crippen LogP contribution is -2.14. The van der Waals surface area contributed by atoms with Gasteiger partial charge in [-0.3, -0.25) is 4.79 Å². The minimum Gasteiger partial charge on any atom is -0.454 e. The van der Waals surface area contributed by atoms with E-state index < -0.39 is 5.97 Å². The third-order valence-electron chi connectivity index (χ3n) is 4.61. The molecule has 0 aliphatic rings. The van der Waals surface area contributed by atoms with Gasteiger partial charge in [0.15, 0.2) is 5.69 Å². The Balaban J connectivity index is 1.32. The normalized spacial score (nSPS) is 10.7. The molecule has 0 saturated carbocycles. The van der Waals surface area contributed by atoms with Crippen molar-refractivity contribution in [1.82, 2.24) is 9.97 Å². The Morgan fingerprint density at radius 2 is 1.78 bits per heavy atom. The smallest absolute Gasteiger partial charge is 0.361 e. The fourth-order valence-corrected chi connectivity index (χ4v) is 3.75. The van der Waals surface area contributed by atoms with Crippen molar-refractivity contribution in [3.8, 4) is 11.5 Å². The van der Waals surface area contributed by atoms with Crippen LogP contribution in [0.5, 0.6) is 0 Å². The second kappa shape index (κ2) is 9.57. The predicted octanol–water partition coefficient (Wildman–Crippen LogP) is 4.95. The third-order valence-corrected chi connectivity index (χ3v) is 5.51. The van der Waals surface area contributed by atoms with Crippen LogP contribution < -0.4 is 5.32 Å². The first kappa shape index (κ1) is 21.5. The Labute approximate surface area is 189 Å². The first-order valence-corrected chi connectivity index (χ1v) is 10.9. The molecule has 32 heavy (non-hydrogen) atoms. The van der Waals surface area contributed by atoms with Gasteiger partial charge in [-0.15, -0.1) is 11.3 Å². The maximum Gasteiger partial charge on any atom is 0.361 e. The number of thiazole rings is 1. The second-order valence-corrected chi connectivity index (χ2v) is 8.13. The SMILES string of the molecule is Cc1ccc(NC(=O)Cc2nc(COC(=O)c3nc(-c4ccccc4)oc3C)cs2)cc1. The van der Waals surface area contributed by atoms with E-state index in [-0.39, 0.29) is 24.6 Å². The van der Waals surface area contributed by atoms with Crippen molar-refractivity contribution in [2.24, 2.45) is 0 Å². The molecule has 2 aromatic carbocycles. The second-order valence-electron chi connectivity index (χ2n) is 7.19. The van der Waals surface area contributed by atoms with Gasteiger partial charge < -0.3 is 14.5 Å². The summed E-state index contributed by atoms with van der Waals surface area (Å²) in [6.07, 6.45) is 0.148. The number of hydrogen-bond donors (Lipinski definition) is 1. The van der Waals surface area contributed by atoms with Crippen LogP contribution in [-0.4, -0.2) is 21.8 Å². The van der Waals surface area contributed by atoms with Gasteiger partial charge >= 0.3 is 5.97 Å². The molecule has 7 nitrogen and oxygen atoms in total. The van der Waals surface area contributed by atoms with Gasteiger partial charge in [0.05, 0.1) is 12.1 Å². The minimum absolute atomic E-state index is 0.0120. The van der Waals surface area contributed by atoms with E-state index in [4.69, 9.17) is 9.15 Å². The molecule has 0 fully saturated rings. The zero-order valence-electron chi connectivity index (χ0n) is 17.6. The number of amides is 1. The summed E-state index contributed by atoms with van der Waals surface area (Å²) in [6, 6.07) is 16.9. The number of esters is 1. The molecule has 0 saturated heterocycles. The molecule has 2 aromatic heterocycles. The van der Waals surface area contributed by atoms with Gasteiger partial charge in [-0.1, -0.05) is 35.9 Å². The Hall–Kier alpha value is -3.78. The van der Waals surface area contributed by atoms with Gasteiger partial charge in [-0.05, 0) is 38.1 Å². The number of hydrogen-bond acceptors (Lipinski definition) is 7. The van der Waals surface area contributed by atoms with Crippen LogP contribution in [0.2, 0.25) is 0 Å². The van der Waals surface area contributed by atoms with Crippen molar-refractivity contribution < 1.29 is 18.7 Å². The fraction of sp³-hybridized carbons (Fsp3) is 0.167. The van der Waals surface area contributed by atoms with Crippen LogP contribution in [-0.2, 0) is 22.6 Å². The summed E-state index contributed by atoms with van der Waals surface area (Å²) in [5.41, 5.74) is 3.36. The number of aromatic nitrogens is 2. The summed E-state index contributed by atoms with van der Waals surface area (Å²) >= 11 is 1.35. The molecule has 0 aliphatic heterocycles. The molecule has 0 bridgehead atoms. The molecule has 8 heteroatoms. The number of ether oxygens (including phenoxy) is 1. The highest BCUT2D eigenvalue weighted by Gasteiger charge is 2.20. The molecule has 1 amide bonds. The summed E-state index contributed by atoms with van der Waals surface area (Å²) in [5.74, 6) is 0.0182. The number of carbonyl (C=O) groups excluding carboxylic acids is 2. The maximum absolute atomic E-state index is 12.5. The summed E-state index contributed by atoms with van der Waals surface area (Å²) in [4.78, 5) is 33.4. The van der Waals surface area contributed by atoms with Crippen LogP contribution >= 0.6 is 11.3 Å². The highest BCUT2D eigenvalue weighted by molar-refractivity contribution is 7.09. The zero-order valence-corrected chi connectivity index (χ0v) is 18.4. The number of carbonyl (C=O) groups is 2. The zero-order chi connectivity index (χ0) is 22.5. The van der Waals surface area contributed by atoms with Crippen molar-refractivity contribution in [2.75, 3.05) is 5.32 Å². The number of anilines is 1. The van der Waals surface area contributed by atoms with E-state index >= 15 is 0 Å². The highest BCUT2D eigenvalue weighted by atomic mass is 32.1. The molecular weight excluding hydrogens is 426 g/mol. The Morgan fingerprint density at radius 1 is 1.03 bits per heavy atom. The Kier molecular flexibility index (Phi) is 6.42. The summed E-state index contributed by atoms with van der Waals surface area (Å²) in [6.45, 7) is 3.65. The standard InChI is InChI=1S/C24H21N3O4S/c1-15-8-10-18(11-9-15)25-20(28)12-21-26-19(14-32-21)13-30-24(29)22-16(2)31-23(27-22)17-6-4-3-5-7-17/h3-11,14H,12-13H2,1-2H3,(H,25,28). The van der Waals surface area contributed by atoms with Crippen LogP contribution in [0.15, 0.2) is 64.4 Å². The van der Waals surface area contributed by atoms with E-state index in [0.717, 1.165) is 16.8 Å². The molecule has 0 spiro atoms. The number of aryl methyl sites for hydroxylation is 2. The molecule has 0 unspecified atom stereocenters. The van der Waals surface area contributed by atoms with Crippen LogP contribution in [0.25, 0.3) is 11.5 Å². The van der Waals surface area contributed by atoms with Gasteiger partial charge in [0.2, 0.25) is 11.8 Å². The molecule has 0 atom stereocenters. The average Bonchev–Trinajstić information content (AvgIpc) is 3.40. The summed E-state index contributed by atoms with van der Waals surface area (Å²) in [7, 11) is 0. The van der Waals surface area contributed by atoms with Crippen molar-refractivity contribution >= 4 is 28.9 Å². The quantitative estimate of drug-likeness (QED) is 0.403. The summed E-state index contributed by atoms with van der Waals surface area (Å²) < 4.78 is 11.0. The molecule has 162 valence electrons. The number of nitrogens with zero attached hydrogens (tertiary/aromatic N) is 2.